The zero-order valence-corrected chi connectivity index (χ0v) is 19.2. The molecule has 3 unspecified atom stereocenters. The molecule has 1 aliphatic heterocycles. The van der Waals surface area contributed by atoms with Crippen molar-refractivity contribution in [2.75, 3.05) is 13.1 Å². The number of piperidine rings is 1. The molecule has 3 atom stereocenters. The first-order valence-corrected chi connectivity index (χ1v) is 11.6. The van der Waals surface area contributed by atoms with Crippen LogP contribution in [0, 0.1) is 31.6 Å². The Bertz CT molecular complexity index is 1120. The lowest BCUT2D eigenvalue weighted by molar-refractivity contribution is 0.0622. The van der Waals surface area contributed by atoms with Gasteiger partial charge in [0.1, 0.15) is 5.82 Å². The fraction of sp³-hybridized carbons (Fsp3) is 0.440. The maximum absolute atomic E-state index is 13.3. The molecule has 166 valence electrons. The molecule has 1 saturated heterocycles. The van der Waals surface area contributed by atoms with Gasteiger partial charge in [-0.2, -0.15) is 0 Å². The number of oxazole rings is 1. The minimum absolute atomic E-state index is 0.0618. The molecule has 2 aliphatic rings. The fourth-order valence-corrected chi connectivity index (χ4v) is 5.68. The van der Waals surface area contributed by atoms with Crippen LogP contribution in [0.5, 0.6) is 0 Å². The number of nitrogens with zero attached hydrogens (tertiary/aromatic N) is 4. The number of fused-ring (bicyclic) bond motifs is 1. The molecular weight excluding hydrogens is 424 g/mol. The van der Waals surface area contributed by atoms with E-state index >= 15 is 0 Å². The Hall–Kier alpha value is -2.73. The molecule has 0 N–H and O–H groups in total. The van der Waals surface area contributed by atoms with E-state index in [2.05, 4.69) is 15.0 Å². The van der Waals surface area contributed by atoms with Crippen LogP contribution >= 0.6 is 11.6 Å². The summed E-state index contributed by atoms with van der Waals surface area (Å²) >= 11 is 6.13. The third-order valence-corrected chi connectivity index (χ3v) is 7.04. The monoisotopic (exact) mass is 450 g/mol. The highest BCUT2D eigenvalue weighted by Crippen LogP contribution is 2.43. The van der Waals surface area contributed by atoms with Crippen molar-refractivity contribution < 1.29 is 9.21 Å². The van der Waals surface area contributed by atoms with Gasteiger partial charge in [0.05, 0.1) is 0 Å². The molecular formula is C25H27ClN4O2. The maximum Gasteiger partial charge on any atom is 0.276 e. The van der Waals surface area contributed by atoms with Gasteiger partial charge in [-0.1, -0.05) is 23.7 Å². The van der Waals surface area contributed by atoms with Crippen molar-refractivity contribution in [2.45, 2.75) is 39.5 Å². The smallest absolute Gasteiger partial charge is 0.276 e. The summed E-state index contributed by atoms with van der Waals surface area (Å²) in [4.78, 5) is 28.8. The van der Waals surface area contributed by atoms with Gasteiger partial charge in [-0.3, -0.25) is 4.79 Å². The minimum Gasteiger partial charge on any atom is -0.443 e. The second-order valence-corrected chi connectivity index (χ2v) is 9.65. The first-order valence-electron chi connectivity index (χ1n) is 11.3. The van der Waals surface area contributed by atoms with Crippen LogP contribution in [-0.2, 0) is 6.42 Å². The average Bonchev–Trinajstić information content (AvgIpc) is 3.38. The van der Waals surface area contributed by atoms with E-state index < -0.39 is 0 Å². The Kier molecular flexibility index (Phi) is 5.72. The number of aromatic nitrogens is 3. The number of carbonyl (C=O) groups is 1. The molecule has 2 fully saturated rings. The van der Waals surface area contributed by atoms with E-state index in [9.17, 15) is 4.79 Å². The molecule has 0 bridgehead atoms. The predicted molar refractivity (Wildman–Crippen MR) is 122 cm³/mol. The summed E-state index contributed by atoms with van der Waals surface area (Å²) < 4.78 is 5.58. The lowest BCUT2D eigenvalue weighted by Crippen LogP contribution is -2.42. The largest absolute Gasteiger partial charge is 0.443 e. The summed E-state index contributed by atoms with van der Waals surface area (Å²) in [6, 6.07) is 9.34. The highest BCUT2D eigenvalue weighted by atomic mass is 35.5. The highest BCUT2D eigenvalue weighted by Gasteiger charge is 2.40. The molecule has 1 aliphatic carbocycles. The number of benzene rings is 1. The van der Waals surface area contributed by atoms with Crippen molar-refractivity contribution in [3.63, 3.8) is 0 Å². The summed E-state index contributed by atoms with van der Waals surface area (Å²) in [6.07, 6.45) is 5.60. The lowest BCUT2D eigenvalue weighted by Gasteiger charge is -2.34. The molecule has 3 heterocycles. The van der Waals surface area contributed by atoms with E-state index in [4.69, 9.17) is 16.0 Å². The number of hydrogen-bond donors (Lipinski definition) is 0. The molecule has 6 nitrogen and oxygen atoms in total. The average molecular weight is 451 g/mol. The van der Waals surface area contributed by atoms with E-state index in [1.54, 1.807) is 12.1 Å². The quantitative estimate of drug-likeness (QED) is 0.550. The van der Waals surface area contributed by atoms with Crippen molar-refractivity contribution >= 4 is 17.5 Å². The SMILES string of the molecule is Cc1cc(C)nc(CC2CC3CCN(C(=O)c4ncoc4-c4cccc(Cl)c4)CC3C2)n1. The first-order chi connectivity index (χ1) is 15.5. The summed E-state index contributed by atoms with van der Waals surface area (Å²) in [5, 5.41) is 0.600. The summed E-state index contributed by atoms with van der Waals surface area (Å²) in [5.74, 6) is 3.14. The number of aryl methyl sites for hydroxylation is 2. The van der Waals surface area contributed by atoms with Gasteiger partial charge >= 0.3 is 0 Å². The zero-order chi connectivity index (χ0) is 22.2. The summed E-state index contributed by atoms with van der Waals surface area (Å²) in [7, 11) is 0. The van der Waals surface area contributed by atoms with Crippen LogP contribution in [0.3, 0.4) is 0 Å². The molecule has 3 aromatic rings. The number of likely N-dealkylation sites (tertiary alicyclic amines) is 1. The van der Waals surface area contributed by atoms with Crippen LogP contribution < -0.4 is 0 Å². The second kappa shape index (κ2) is 8.66. The standard InChI is InChI=1S/C25H27ClN4O2/c1-15-8-16(2)29-22(28-15)11-17-9-18-6-7-30(13-20(18)10-17)25(31)23-24(32-14-27-23)19-4-3-5-21(26)12-19/h3-5,8,12,14,17-18,20H,6-7,9-11,13H2,1-2H3. The predicted octanol–water partition coefficient (Wildman–Crippen LogP) is 5.13. The molecule has 0 radical (unpaired) electrons. The Morgan fingerprint density at radius 2 is 1.94 bits per heavy atom. The highest BCUT2D eigenvalue weighted by molar-refractivity contribution is 6.30. The van der Waals surface area contributed by atoms with Crippen molar-refractivity contribution in [2.24, 2.45) is 17.8 Å². The van der Waals surface area contributed by atoms with Gasteiger partial charge in [0.15, 0.2) is 17.8 Å². The molecule has 0 spiro atoms. The van der Waals surface area contributed by atoms with Crippen LogP contribution in [0.4, 0.5) is 0 Å². The van der Waals surface area contributed by atoms with Gasteiger partial charge in [-0.15, -0.1) is 0 Å². The number of amides is 1. The normalized spacial score (nSPS) is 22.7. The van der Waals surface area contributed by atoms with Gasteiger partial charge in [0, 0.05) is 41.5 Å². The van der Waals surface area contributed by atoms with Crippen LogP contribution in [0.1, 0.15) is 47.0 Å². The van der Waals surface area contributed by atoms with Crippen LogP contribution in [0.2, 0.25) is 5.02 Å². The van der Waals surface area contributed by atoms with Crippen molar-refractivity contribution in [1.29, 1.82) is 0 Å². The maximum atomic E-state index is 13.3. The van der Waals surface area contributed by atoms with Gasteiger partial charge in [0.2, 0.25) is 0 Å². The molecule has 7 heteroatoms. The molecule has 1 saturated carbocycles. The Morgan fingerprint density at radius 1 is 1.16 bits per heavy atom. The van der Waals surface area contributed by atoms with Crippen molar-refractivity contribution in [3.05, 3.63) is 64.7 Å². The van der Waals surface area contributed by atoms with Crippen LogP contribution in [0.15, 0.2) is 41.1 Å². The van der Waals surface area contributed by atoms with Gasteiger partial charge < -0.3 is 9.32 Å². The van der Waals surface area contributed by atoms with Gasteiger partial charge in [-0.25, -0.2) is 15.0 Å². The summed E-state index contributed by atoms with van der Waals surface area (Å²) in [5.41, 5.74) is 3.19. The van der Waals surface area contributed by atoms with E-state index in [1.807, 2.05) is 36.9 Å². The zero-order valence-electron chi connectivity index (χ0n) is 18.4. The second-order valence-electron chi connectivity index (χ2n) is 9.21. The molecule has 1 amide bonds. The third kappa shape index (κ3) is 4.29. The van der Waals surface area contributed by atoms with E-state index in [1.165, 1.54) is 12.8 Å². The number of hydrogen-bond acceptors (Lipinski definition) is 5. The van der Waals surface area contributed by atoms with E-state index in [-0.39, 0.29) is 5.91 Å². The topological polar surface area (TPSA) is 72.1 Å². The Morgan fingerprint density at radius 3 is 2.72 bits per heavy atom. The lowest BCUT2D eigenvalue weighted by atomic mass is 9.88. The minimum atomic E-state index is -0.0618. The Balaban J connectivity index is 1.27. The third-order valence-electron chi connectivity index (χ3n) is 6.81. The molecule has 1 aromatic carbocycles. The Labute approximate surface area is 193 Å². The van der Waals surface area contributed by atoms with E-state index in [0.29, 0.717) is 34.2 Å². The van der Waals surface area contributed by atoms with Gasteiger partial charge in [0.25, 0.3) is 5.91 Å². The van der Waals surface area contributed by atoms with E-state index in [0.717, 1.165) is 55.1 Å². The fourth-order valence-electron chi connectivity index (χ4n) is 5.49. The van der Waals surface area contributed by atoms with Crippen LogP contribution in [0.25, 0.3) is 11.3 Å². The van der Waals surface area contributed by atoms with Crippen LogP contribution in [-0.4, -0.2) is 38.8 Å². The summed E-state index contributed by atoms with van der Waals surface area (Å²) in [6.45, 7) is 5.58. The number of halogens is 1. The van der Waals surface area contributed by atoms with Gasteiger partial charge in [-0.05, 0) is 69.1 Å². The first kappa shape index (κ1) is 21.1. The molecule has 2 aromatic heterocycles. The number of carbonyl (C=O) groups excluding carboxylic acids is 1. The molecule has 5 rings (SSSR count). The molecule has 32 heavy (non-hydrogen) atoms. The van der Waals surface area contributed by atoms with Crippen molar-refractivity contribution in [1.82, 2.24) is 19.9 Å². The number of rotatable bonds is 4. The van der Waals surface area contributed by atoms with Crippen molar-refractivity contribution in [3.8, 4) is 11.3 Å².